The number of hydrogen-bond acceptors (Lipinski definition) is 13. The second-order valence-corrected chi connectivity index (χ2v) is 23.5. The molecular weight excluding hydrogens is 1060 g/mol. The molecule has 0 aromatic carbocycles. The van der Waals surface area contributed by atoms with Crippen LogP contribution in [0.2, 0.25) is 0 Å². The minimum absolute atomic E-state index is 0.254. The number of rotatable bonds is 54. The van der Waals surface area contributed by atoms with Gasteiger partial charge in [0.25, 0.3) is 0 Å². The van der Waals surface area contributed by atoms with Crippen LogP contribution >= 0.6 is 0 Å². The molecule has 0 saturated carbocycles. The molecule has 0 aliphatic carbocycles. The van der Waals surface area contributed by atoms with E-state index in [4.69, 9.17) is 18.9 Å². The number of aliphatic hydroxyl groups is 8. The van der Waals surface area contributed by atoms with Crippen LogP contribution in [0.5, 0.6) is 0 Å². The molecule has 486 valence electrons. The third kappa shape index (κ3) is 38.4. The SMILES string of the molecule is CC/C=C\C/C=C\C/C=C\C/C=C\CCCCCCCCCCCCCCCCCCC(=O)NC(COC1OC(CO)C(OC2OC(CO)C(O)C(O)C2O)C(O)C1O)C(O)/C=C/CC/C=C/CC/C=C/CCCCCCCCCCCCC. The van der Waals surface area contributed by atoms with E-state index in [-0.39, 0.29) is 18.9 Å². The summed E-state index contributed by atoms with van der Waals surface area (Å²) >= 11 is 0. The molecule has 0 spiro atoms. The highest BCUT2D eigenvalue weighted by atomic mass is 16.7. The summed E-state index contributed by atoms with van der Waals surface area (Å²) in [6.45, 7) is 2.68. The fourth-order valence-electron chi connectivity index (χ4n) is 10.7. The Morgan fingerprint density at radius 3 is 1.31 bits per heavy atom. The van der Waals surface area contributed by atoms with Crippen LogP contribution in [-0.2, 0) is 23.7 Å². The van der Waals surface area contributed by atoms with Gasteiger partial charge in [-0.3, -0.25) is 4.79 Å². The highest BCUT2D eigenvalue weighted by Gasteiger charge is 2.51. The number of carbonyl (C=O) groups is 1. The minimum atomic E-state index is -1.80. The fraction of sp³-hybridized carbons (Fsp3) is 0.786. The van der Waals surface area contributed by atoms with Crippen molar-refractivity contribution in [2.45, 2.75) is 331 Å². The van der Waals surface area contributed by atoms with Gasteiger partial charge in [-0.05, 0) is 83.5 Å². The molecule has 0 radical (unpaired) electrons. The van der Waals surface area contributed by atoms with Crippen LogP contribution in [0.1, 0.15) is 258 Å². The molecule has 84 heavy (non-hydrogen) atoms. The normalized spacial score (nSPS) is 24.2. The third-order valence-electron chi connectivity index (χ3n) is 16.0. The molecule has 9 N–H and O–H groups in total. The molecular formula is C70H123NO13. The predicted octanol–water partition coefficient (Wildman–Crippen LogP) is 13.2. The second kappa shape index (κ2) is 54.3. The number of carbonyl (C=O) groups excluding carboxylic acids is 1. The van der Waals surface area contributed by atoms with E-state index in [0.717, 1.165) is 70.6 Å². The molecule has 0 aromatic rings. The van der Waals surface area contributed by atoms with E-state index >= 15 is 0 Å². The Morgan fingerprint density at radius 2 is 0.833 bits per heavy atom. The van der Waals surface area contributed by atoms with E-state index < -0.39 is 86.8 Å². The highest BCUT2D eigenvalue weighted by Crippen LogP contribution is 2.30. The van der Waals surface area contributed by atoms with Gasteiger partial charge >= 0.3 is 0 Å². The van der Waals surface area contributed by atoms with Crippen LogP contribution in [0.15, 0.2) is 85.1 Å². The second-order valence-electron chi connectivity index (χ2n) is 23.5. The van der Waals surface area contributed by atoms with Crippen molar-refractivity contribution in [1.82, 2.24) is 5.32 Å². The molecule has 14 nitrogen and oxygen atoms in total. The van der Waals surface area contributed by atoms with Gasteiger partial charge in [0.2, 0.25) is 5.91 Å². The number of unbranched alkanes of at least 4 members (excludes halogenated alkanes) is 29. The molecule has 14 heteroatoms. The van der Waals surface area contributed by atoms with Crippen LogP contribution in [0, 0.1) is 0 Å². The van der Waals surface area contributed by atoms with E-state index in [9.17, 15) is 45.6 Å². The van der Waals surface area contributed by atoms with Crippen molar-refractivity contribution in [3.63, 3.8) is 0 Å². The minimum Gasteiger partial charge on any atom is -0.394 e. The first kappa shape index (κ1) is 77.3. The molecule has 2 aliphatic heterocycles. The summed E-state index contributed by atoms with van der Waals surface area (Å²) in [6, 6.07) is -0.942. The Labute approximate surface area is 510 Å². The van der Waals surface area contributed by atoms with E-state index in [1.54, 1.807) is 6.08 Å². The lowest BCUT2D eigenvalue weighted by molar-refractivity contribution is -0.359. The van der Waals surface area contributed by atoms with Gasteiger partial charge in [0.1, 0.15) is 48.8 Å². The van der Waals surface area contributed by atoms with E-state index in [0.29, 0.717) is 12.8 Å². The number of nitrogens with one attached hydrogen (secondary N) is 1. The van der Waals surface area contributed by atoms with Crippen molar-refractivity contribution in [2.24, 2.45) is 0 Å². The van der Waals surface area contributed by atoms with E-state index in [2.05, 4.69) is 92.1 Å². The fourth-order valence-corrected chi connectivity index (χ4v) is 10.7. The first-order valence-electron chi connectivity index (χ1n) is 33.8. The molecule has 1 amide bonds. The molecule has 2 heterocycles. The molecule has 12 atom stereocenters. The maximum absolute atomic E-state index is 13.3. The lowest BCUT2D eigenvalue weighted by Gasteiger charge is -2.46. The van der Waals surface area contributed by atoms with Gasteiger partial charge in [-0.1, -0.05) is 253 Å². The summed E-state index contributed by atoms with van der Waals surface area (Å²) in [6.07, 6.45) is 57.7. The summed E-state index contributed by atoms with van der Waals surface area (Å²) in [4.78, 5) is 13.3. The molecule has 2 fully saturated rings. The number of ether oxygens (including phenoxy) is 4. The molecule has 12 unspecified atom stereocenters. The van der Waals surface area contributed by atoms with Gasteiger partial charge in [0.15, 0.2) is 12.6 Å². The first-order valence-corrected chi connectivity index (χ1v) is 33.8. The zero-order valence-electron chi connectivity index (χ0n) is 52.6. The Morgan fingerprint density at radius 1 is 0.440 bits per heavy atom. The molecule has 2 rings (SSSR count). The maximum Gasteiger partial charge on any atom is 0.220 e. The average molecular weight is 1190 g/mol. The van der Waals surface area contributed by atoms with Crippen molar-refractivity contribution in [1.29, 1.82) is 0 Å². The maximum atomic E-state index is 13.3. The van der Waals surface area contributed by atoms with Gasteiger partial charge in [-0.25, -0.2) is 0 Å². The summed E-state index contributed by atoms with van der Waals surface area (Å²) in [5.74, 6) is -0.254. The van der Waals surface area contributed by atoms with Gasteiger partial charge < -0.3 is 65.1 Å². The average Bonchev–Trinajstić information content (AvgIpc) is 3.24. The van der Waals surface area contributed by atoms with Gasteiger partial charge in [-0.2, -0.15) is 0 Å². The monoisotopic (exact) mass is 1190 g/mol. The summed E-state index contributed by atoms with van der Waals surface area (Å²) < 4.78 is 22.8. The topological polar surface area (TPSA) is 228 Å². The molecule has 0 aromatic heterocycles. The van der Waals surface area contributed by atoms with Crippen molar-refractivity contribution in [3.8, 4) is 0 Å². The molecule has 2 saturated heterocycles. The number of allylic oxidation sites excluding steroid dienone is 13. The third-order valence-corrected chi connectivity index (χ3v) is 16.0. The first-order chi connectivity index (χ1) is 41.1. The number of amides is 1. The van der Waals surface area contributed by atoms with Crippen molar-refractivity contribution < 1.29 is 64.6 Å². The smallest absolute Gasteiger partial charge is 0.220 e. The summed E-state index contributed by atoms with van der Waals surface area (Å²) in [5, 5.41) is 87.3. The van der Waals surface area contributed by atoms with Gasteiger partial charge in [0.05, 0.1) is 32.0 Å². The van der Waals surface area contributed by atoms with Crippen molar-refractivity contribution in [3.05, 3.63) is 85.1 Å². The Hall–Kier alpha value is -2.83. The Balaban J connectivity index is 1.71. The molecule has 2 aliphatic rings. The van der Waals surface area contributed by atoms with Crippen LogP contribution < -0.4 is 5.32 Å². The van der Waals surface area contributed by atoms with Crippen molar-refractivity contribution >= 4 is 5.91 Å². The van der Waals surface area contributed by atoms with E-state index in [1.807, 2.05) is 6.08 Å². The Bertz CT molecular complexity index is 1730. The Kier molecular flexibility index (Phi) is 50.0. The predicted molar refractivity (Wildman–Crippen MR) is 341 cm³/mol. The largest absolute Gasteiger partial charge is 0.394 e. The van der Waals surface area contributed by atoms with E-state index in [1.165, 1.54) is 154 Å². The van der Waals surface area contributed by atoms with Crippen LogP contribution in [0.4, 0.5) is 0 Å². The summed E-state index contributed by atoms with van der Waals surface area (Å²) in [7, 11) is 0. The number of aliphatic hydroxyl groups excluding tert-OH is 8. The highest BCUT2D eigenvalue weighted by molar-refractivity contribution is 5.76. The molecule has 0 bridgehead atoms. The summed E-state index contributed by atoms with van der Waals surface area (Å²) in [5.41, 5.74) is 0. The van der Waals surface area contributed by atoms with Crippen LogP contribution in [0.25, 0.3) is 0 Å². The lowest BCUT2D eigenvalue weighted by Crippen LogP contribution is -2.65. The lowest BCUT2D eigenvalue weighted by atomic mass is 9.97. The van der Waals surface area contributed by atoms with Crippen molar-refractivity contribution in [2.75, 3.05) is 19.8 Å². The standard InChI is InChI=1S/C70H123NO13/c1-3-5-7-9-11-13-15-17-19-21-23-25-26-27-28-29-30-31-32-34-36-38-40-42-44-46-48-50-52-54-62(75)71-58(59(74)53-51-49-47-45-43-41-39-37-35-33-24-22-20-18-16-14-12-10-8-6-4-2)57-81-69-67(80)65(78)68(61(56-73)83-69)84-70-66(79)64(77)63(76)60(55-72)82-70/h5,7,11,13,17,19,23,25,35,37,43,45,51,53,58-61,63-70,72-74,76-80H,3-4,6,8-10,12,14-16,18,20-22,24,26-34,36,38-42,44,46-50,52,54-57H2,1-2H3,(H,71,75)/b7-5-,13-11-,19-17-,25-23-,37-35+,45-43+,53-51+. The quantitative estimate of drug-likeness (QED) is 0.0204. The van der Waals surface area contributed by atoms with Crippen LogP contribution in [0.3, 0.4) is 0 Å². The number of hydrogen-bond donors (Lipinski definition) is 9. The zero-order valence-corrected chi connectivity index (χ0v) is 52.6. The van der Waals surface area contributed by atoms with Gasteiger partial charge in [0, 0.05) is 6.42 Å². The van der Waals surface area contributed by atoms with Crippen LogP contribution in [-0.4, -0.2) is 140 Å². The zero-order chi connectivity index (χ0) is 60.9. The van der Waals surface area contributed by atoms with Gasteiger partial charge in [-0.15, -0.1) is 0 Å².